The molecule has 0 aliphatic rings. The van der Waals surface area contributed by atoms with Gasteiger partial charge >= 0.3 is 5.97 Å². The van der Waals surface area contributed by atoms with Crippen LogP contribution in [-0.2, 0) is 14.8 Å². The summed E-state index contributed by atoms with van der Waals surface area (Å²) in [6.45, 7) is 3.65. The Morgan fingerprint density at radius 1 is 1.30 bits per heavy atom. The van der Waals surface area contributed by atoms with Crippen molar-refractivity contribution in [1.82, 2.24) is 0 Å². The van der Waals surface area contributed by atoms with Gasteiger partial charge in [-0.05, 0) is 37.6 Å². The molecule has 0 aliphatic heterocycles. The van der Waals surface area contributed by atoms with Gasteiger partial charge in [0.15, 0.2) is 0 Å². The molecule has 0 saturated carbocycles. The summed E-state index contributed by atoms with van der Waals surface area (Å²) in [5.74, 6) is -0.00461. The van der Waals surface area contributed by atoms with Crippen molar-refractivity contribution in [3.8, 4) is 5.75 Å². The maximum Gasteiger partial charge on any atom is 0.335 e. The molecule has 0 amide bonds. The average molecular weight is 297 g/mol. The molecular formula is C14H19NO4S. The van der Waals surface area contributed by atoms with Crippen LogP contribution in [0.5, 0.6) is 5.75 Å². The van der Waals surface area contributed by atoms with E-state index in [1.807, 2.05) is 6.92 Å². The molecule has 20 heavy (non-hydrogen) atoms. The second-order valence-corrected chi connectivity index (χ2v) is 6.06. The van der Waals surface area contributed by atoms with Crippen LogP contribution in [0.25, 0.3) is 0 Å². The number of hydrogen-bond donors (Lipinski definition) is 1. The zero-order chi connectivity index (χ0) is 15.0. The lowest BCUT2D eigenvalue weighted by Crippen LogP contribution is -2.16. The molecule has 0 spiro atoms. The molecule has 0 fully saturated rings. The van der Waals surface area contributed by atoms with E-state index < -0.39 is 16.0 Å². The third kappa shape index (κ3) is 5.88. The van der Waals surface area contributed by atoms with Crippen LogP contribution >= 0.6 is 0 Å². The predicted octanol–water partition coefficient (Wildman–Crippen LogP) is 2.71. The number of ether oxygens (including phenoxy) is 1. The van der Waals surface area contributed by atoms with Gasteiger partial charge < -0.3 is 4.74 Å². The number of hydrogen-bond acceptors (Lipinski definition) is 4. The molecule has 0 atom stereocenters. The van der Waals surface area contributed by atoms with Gasteiger partial charge in [0, 0.05) is 11.8 Å². The Morgan fingerprint density at radius 3 is 2.50 bits per heavy atom. The number of esters is 1. The number of sulfonamides is 1. The second-order valence-electron chi connectivity index (χ2n) is 4.22. The van der Waals surface area contributed by atoms with E-state index in [4.69, 9.17) is 4.74 Å². The largest absolute Gasteiger partial charge is 0.423 e. The molecule has 0 radical (unpaired) electrons. The van der Waals surface area contributed by atoms with E-state index in [1.165, 1.54) is 6.08 Å². The number of carbonyl (C=O) groups excluding carboxylic acids is 1. The molecule has 6 heteroatoms. The quantitative estimate of drug-likeness (QED) is 0.477. The van der Waals surface area contributed by atoms with Crippen LogP contribution in [0.4, 0.5) is 5.69 Å². The highest BCUT2D eigenvalue weighted by atomic mass is 32.2. The highest BCUT2D eigenvalue weighted by Crippen LogP contribution is 2.17. The number of allylic oxidation sites excluding steroid dienone is 1. The van der Waals surface area contributed by atoms with E-state index in [9.17, 15) is 13.2 Å². The van der Waals surface area contributed by atoms with Crippen LogP contribution < -0.4 is 9.46 Å². The third-order valence-corrected chi connectivity index (χ3v) is 3.79. The first kappa shape index (κ1) is 16.2. The van der Waals surface area contributed by atoms with E-state index in [2.05, 4.69) is 4.72 Å². The van der Waals surface area contributed by atoms with Crippen LogP contribution in [0, 0.1) is 0 Å². The fourth-order valence-electron chi connectivity index (χ4n) is 1.44. The van der Waals surface area contributed by atoms with Gasteiger partial charge in [0.1, 0.15) is 5.75 Å². The summed E-state index contributed by atoms with van der Waals surface area (Å²) in [5, 5.41) is 0. The van der Waals surface area contributed by atoms with Gasteiger partial charge in [-0.15, -0.1) is 0 Å². The van der Waals surface area contributed by atoms with Crippen molar-refractivity contribution in [2.45, 2.75) is 26.7 Å². The predicted molar refractivity (Wildman–Crippen MR) is 79.2 cm³/mol. The lowest BCUT2D eigenvalue weighted by molar-refractivity contribution is -0.129. The van der Waals surface area contributed by atoms with Gasteiger partial charge in [-0.2, -0.15) is 0 Å². The van der Waals surface area contributed by atoms with Crippen molar-refractivity contribution in [3.05, 3.63) is 36.4 Å². The first-order valence-corrected chi connectivity index (χ1v) is 8.07. The van der Waals surface area contributed by atoms with Crippen molar-refractivity contribution in [2.24, 2.45) is 0 Å². The average Bonchev–Trinajstić information content (AvgIpc) is 2.39. The van der Waals surface area contributed by atoms with E-state index in [1.54, 1.807) is 37.3 Å². The van der Waals surface area contributed by atoms with Crippen molar-refractivity contribution in [3.63, 3.8) is 0 Å². The summed E-state index contributed by atoms with van der Waals surface area (Å²) < 4.78 is 30.9. The van der Waals surface area contributed by atoms with Gasteiger partial charge in [0.25, 0.3) is 0 Å². The monoisotopic (exact) mass is 297 g/mol. The van der Waals surface area contributed by atoms with Gasteiger partial charge in [-0.3, -0.25) is 4.72 Å². The molecule has 5 nitrogen and oxygen atoms in total. The maximum atomic E-state index is 11.7. The summed E-state index contributed by atoms with van der Waals surface area (Å²) in [6.07, 6.45) is 4.33. The van der Waals surface area contributed by atoms with Crippen molar-refractivity contribution >= 4 is 21.7 Å². The maximum absolute atomic E-state index is 11.7. The molecule has 0 heterocycles. The van der Waals surface area contributed by atoms with Gasteiger partial charge in [0.2, 0.25) is 10.0 Å². The van der Waals surface area contributed by atoms with Gasteiger partial charge in [0.05, 0.1) is 5.75 Å². The zero-order valence-electron chi connectivity index (χ0n) is 11.6. The lowest BCUT2D eigenvalue weighted by atomic mass is 10.3. The Balaban J connectivity index is 2.65. The fourth-order valence-corrected chi connectivity index (χ4v) is 2.71. The molecule has 1 aromatic carbocycles. The summed E-state index contributed by atoms with van der Waals surface area (Å²) in [5.41, 5.74) is 0.451. The van der Waals surface area contributed by atoms with E-state index >= 15 is 0 Å². The normalized spacial score (nSPS) is 11.5. The minimum Gasteiger partial charge on any atom is -0.423 e. The molecule has 0 unspecified atom stereocenters. The Morgan fingerprint density at radius 2 is 1.95 bits per heavy atom. The molecule has 110 valence electrons. The number of unbranched alkanes of at least 4 members (excludes halogenated alkanes) is 1. The Hall–Kier alpha value is -1.82. The number of rotatable bonds is 7. The second kappa shape index (κ2) is 7.69. The minimum absolute atomic E-state index is 0.0987. The zero-order valence-corrected chi connectivity index (χ0v) is 12.4. The molecule has 1 aromatic rings. The SMILES string of the molecule is CC=CC(=O)Oc1ccc(NS(=O)(=O)CCCC)cc1. The Bertz CT molecular complexity index is 561. The third-order valence-electron chi connectivity index (χ3n) is 2.42. The smallest absolute Gasteiger partial charge is 0.335 e. The summed E-state index contributed by atoms with van der Waals surface area (Å²) in [4.78, 5) is 11.2. The van der Waals surface area contributed by atoms with E-state index in [-0.39, 0.29) is 5.75 Å². The summed E-state index contributed by atoms with van der Waals surface area (Å²) in [6, 6.07) is 6.20. The first-order valence-electron chi connectivity index (χ1n) is 6.42. The number of carbonyl (C=O) groups is 1. The standard InChI is InChI=1S/C14H19NO4S/c1-3-5-11-20(17,18)15-12-7-9-13(10-8-12)19-14(16)6-4-2/h4,6-10,15H,3,5,11H2,1-2H3. The number of benzene rings is 1. The summed E-state index contributed by atoms with van der Waals surface area (Å²) >= 11 is 0. The van der Waals surface area contributed by atoms with Crippen molar-refractivity contribution in [1.29, 1.82) is 0 Å². The molecule has 0 saturated heterocycles. The number of nitrogens with one attached hydrogen (secondary N) is 1. The molecule has 0 aromatic heterocycles. The van der Waals surface area contributed by atoms with Crippen LogP contribution in [-0.4, -0.2) is 20.1 Å². The topological polar surface area (TPSA) is 72.5 Å². The highest BCUT2D eigenvalue weighted by Gasteiger charge is 2.09. The Kier molecular flexibility index (Phi) is 6.24. The molecule has 0 bridgehead atoms. The molecular weight excluding hydrogens is 278 g/mol. The molecule has 1 N–H and O–H groups in total. The highest BCUT2D eigenvalue weighted by molar-refractivity contribution is 7.92. The minimum atomic E-state index is -3.31. The molecule has 1 rings (SSSR count). The van der Waals surface area contributed by atoms with E-state index in [0.717, 1.165) is 6.42 Å². The Labute approximate surface area is 119 Å². The fraction of sp³-hybridized carbons (Fsp3) is 0.357. The molecule has 0 aliphatic carbocycles. The lowest BCUT2D eigenvalue weighted by Gasteiger charge is -2.08. The van der Waals surface area contributed by atoms with Crippen molar-refractivity contribution < 1.29 is 17.9 Å². The van der Waals surface area contributed by atoms with Crippen LogP contribution in [0.2, 0.25) is 0 Å². The van der Waals surface area contributed by atoms with Crippen molar-refractivity contribution in [2.75, 3.05) is 10.5 Å². The first-order chi connectivity index (χ1) is 9.46. The van der Waals surface area contributed by atoms with Crippen LogP contribution in [0.3, 0.4) is 0 Å². The van der Waals surface area contributed by atoms with Gasteiger partial charge in [-0.1, -0.05) is 19.4 Å². The van der Waals surface area contributed by atoms with E-state index in [0.29, 0.717) is 17.9 Å². The van der Waals surface area contributed by atoms with Crippen LogP contribution in [0.1, 0.15) is 26.7 Å². The van der Waals surface area contributed by atoms with Crippen LogP contribution in [0.15, 0.2) is 36.4 Å². The summed E-state index contributed by atoms with van der Waals surface area (Å²) in [7, 11) is -3.31. The number of anilines is 1. The van der Waals surface area contributed by atoms with Gasteiger partial charge in [-0.25, -0.2) is 13.2 Å².